The molecule has 0 aromatic heterocycles. The summed E-state index contributed by atoms with van der Waals surface area (Å²) in [5.74, 6) is -1.06. The van der Waals surface area contributed by atoms with Gasteiger partial charge in [-0.1, -0.05) is 6.92 Å². The summed E-state index contributed by atoms with van der Waals surface area (Å²) in [6, 6.07) is 2.52. The third-order valence-electron chi connectivity index (χ3n) is 1.76. The molecule has 0 aliphatic heterocycles. The molecule has 70 valence electrons. The first-order valence-corrected chi connectivity index (χ1v) is 4.63. The maximum absolute atomic E-state index is 12.9. The van der Waals surface area contributed by atoms with E-state index in [0.717, 1.165) is 11.6 Å². The highest BCUT2D eigenvalue weighted by molar-refractivity contribution is 9.10. The first-order chi connectivity index (χ1) is 6.06. The number of rotatable bonds is 2. The van der Waals surface area contributed by atoms with Crippen LogP contribution in [0.3, 0.4) is 0 Å². The van der Waals surface area contributed by atoms with Gasteiger partial charge in [0, 0.05) is 4.47 Å². The quantitative estimate of drug-likeness (QED) is 0.854. The Kier molecular flexibility index (Phi) is 3.03. The summed E-state index contributed by atoms with van der Waals surface area (Å²) in [6.45, 7) is 1.88. The number of halogens is 2. The molecular formula is C9H9BrFNO. The van der Waals surface area contributed by atoms with E-state index in [0.29, 0.717) is 10.9 Å². The number of nitrogens with two attached hydrogens (primary N) is 1. The van der Waals surface area contributed by atoms with Gasteiger partial charge in [-0.05, 0) is 40.0 Å². The number of benzene rings is 1. The van der Waals surface area contributed by atoms with Crippen LogP contribution in [0.25, 0.3) is 0 Å². The van der Waals surface area contributed by atoms with Crippen LogP contribution in [0, 0.1) is 5.82 Å². The van der Waals surface area contributed by atoms with Gasteiger partial charge in [-0.25, -0.2) is 4.39 Å². The minimum absolute atomic E-state index is 0.192. The summed E-state index contributed by atoms with van der Waals surface area (Å²) < 4.78 is 13.5. The standard InChI is InChI=1S/C9H9BrFNO/c1-2-5-3-6(11)4-7(8(5)10)9(12)13/h3-4H,2H2,1H3,(H2,12,13). The molecule has 0 aliphatic rings. The molecular weight excluding hydrogens is 237 g/mol. The smallest absolute Gasteiger partial charge is 0.249 e. The Bertz CT molecular complexity index is 352. The van der Waals surface area contributed by atoms with Crippen molar-refractivity contribution in [2.75, 3.05) is 0 Å². The van der Waals surface area contributed by atoms with Gasteiger partial charge >= 0.3 is 0 Å². The van der Waals surface area contributed by atoms with Gasteiger partial charge in [0.15, 0.2) is 0 Å². The fourth-order valence-corrected chi connectivity index (χ4v) is 1.79. The lowest BCUT2D eigenvalue weighted by Crippen LogP contribution is -2.13. The summed E-state index contributed by atoms with van der Waals surface area (Å²) in [6.07, 6.45) is 0.651. The van der Waals surface area contributed by atoms with Gasteiger partial charge in [-0.15, -0.1) is 0 Å². The Morgan fingerprint density at radius 1 is 1.62 bits per heavy atom. The Morgan fingerprint density at radius 2 is 2.23 bits per heavy atom. The molecule has 2 N–H and O–H groups in total. The van der Waals surface area contributed by atoms with Crippen LogP contribution in [0.5, 0.6) is 0 Å². The number of hydrogen-bond acceptors (Lipinski definition) is 1. The first kappa shape index (κ1) is 10.2. The summed E-state index contributed by atoms with van der Waals surface area (Å²) in [4.78, 5) is 10.9. The van der Waals surface area contributed by atoms with Crippen molar-refractivity contribution in [2.24, 2.45) is 5.73 Å². The van der Waals surface area contributed by atoms with Crippen molar-refractivity contribution < 1.29 is 9.18 Å². The summed E-state index contributed by atoms with van der Waals surface area (Å²) in [5.41, 5.74) is 6.01. The highest BCUT2D eigenvalue weighted by Gasteiger charge is 2.11. The van der Waals surface area contributed by atoms with Crippen LogP contribution in [0.2, 0.25) is 0 Å². The Morgan fingerprint density at radius 3 is 2.69 bits per heavy atom. The molecule has 2 nitrogen and oxygen atoms in total. The van der Waals surface area contributed by atoms with Crippen LogP contribution in [0.1, 0.15) is 22.8 Å². The van der Waals surface area contributed by atoms with Gasteiger partial charge in [0.2, 0.25) is 5.91 Å². The molecule has 1 rings (SSSR count). The van der Waals surface area contributed by atoms with Crippen LogP contribution in [-0.2, 0) is 6.42 Å². The highest BCUT2D eigenvalue weighted by Crippen LogP contribution is 2.23. The molecule has 0 saturated heterocycles. The van der Waals surface area contributed by atoms with Gasteiger partial charge in [0.25, 0.3) is 0 Å². The molecule has 0 unspecified atom stereocenters. The third-order valence-corrected chi connectivity index (χ3v) is 2.70. The molecule has 0 atom stereocenters. The molecule has 1 amide bonds. The van der Waals surface area contributed by atoms with Gasteiger partial charge in [-0.2, -0.15) is 0 Å². The van der Waals surface area contributed by atoms with Crippen LogP contribution in [0.15, 0.2) is 16.6 Å². The molecule has 4 heteroatoms. The number of aryl methyl sites for hydroxylation is 1. The number of carbonyl (C=O) groups excluding carboxylic acids is 1. The van der Waals surface area contributed by atoms with Crippen molar-refractivity contribution >= 4 is 21.8 Å². The second-order valence-corrected chi connectivity index (χ2v) is 3.44. The van der Waals surface area contributed by atoms with Crippen molar-refractivity contribution in [3.05, 3.63) is 33.5 Å². The average Bonchev–Trinajstić information content (AvgIpc) is 2.08. The molecule has 0 heterocycles. The van der Waals surface area contributed by atoms with Crippen molar-refractivity contribution in [3.8, 4) is 0 Å². The van der Waals surface area contributed by atoms with E-state index >= 15 is 0 Å². The van der Waals surface area contributed by atoms with Crippen molar-refractivity contribution in [1.29, 1.82) is 0 Å². The average molecular weight is 246 g/mol. The van der Waals surface area contributed by atoms with E-state index in [-0.39, 0.29) is 5.56 Å². The van der Waals surface area contributed by atoms with Crippen LogP contribution >= 0.6 is 15.9 Å². The predicted molar refractivity (Wildman–Crippen MR) is 52.0 cm³/mol. The number of carbonyl (C=O) groups is 1. The maximum atomic E-state index is 12.9. The van der Waals surface area contributed by atoms with E-state index < -0.39 is 11.7 Å². The minimum Gasteiger partial charge on any atom is -0.366 e. The lowest BCUT2D eigenvalue weighted by atomic mass is 10.1. The summed E-state index contributed by atoms with van der Waals surface area (Å²) >= 11 is 3.21. The van der Waals surface area contributed by atoms with Crippen LogP contribution < -0.4 is 5.73 Å². The first-order valence-electron chi connectivity index (χ1n) is 3.84. The van der Waals surface area contributed by atoms with E-state index in [4.69, 9.17) is 5.73 Å². The summed E-state index contributed by atoms with van der Waals surface area (Å²) in [7, 11) is 0. The van der Waals surface area contributed by atoms with Crippen molar-refractivity contribution in [3.63, 3.8) is 0 Å². The highest BCUT2D eigenvalue weighted by atomic mass is 79.9. The number of hydrogen-bond donors (Lipinski definition) is 1. The maximum Gasteiger partial charge on any atom is 0.249 e. The molecule has 0 spiro atoms. The predicted octanol–water partition coefficient (Wildman–Crippen LogP) is 2.25. The Labute approximate surface area is 84.1 Å². The fraction of sp³-hybridized carbons (Fsp3) is 0.222. The molecule has 13 heavy (non-hydrogen) atoms. The number of primary amides is 1. The fourth-order valence-electron chi connectivity index (χ4n) is 1.08. The van der Waals surface area contributed by atoms with E-state index in [1.165, 1.54) is 6.07 Å². The second kappa shape index (κ2) is 3.87. The van der Waals surface area contributed by atoms with E-state index in [1.54, 1.807) is 0 Å². The zero-order valence-electron chi connectivity index (χ0n) is 7.10. The monoisotopic (exact) mass is 245 g/mol. The summed E-state index contributed by atoms with van der Waals surface area (Å²) in [5, 5.41) is 0. The Balaban J connectivity index is 3.35. The normalized spacial score (nSPS) is 10.1. The lowest BCUT2D eigenvalue weighted by molar-refractivity contribution is 0.0999. The lowest BCUT2D eigenvalue weighted by Gasteiger charge is -2.05. The van der Waals surface area contributed by atoms with E-state index in [9.17, 15) is 9.18 Å². The minimum atomic E-state index is -0.624. The van der Waals surface area contributed by atoms with Gasteiger partial charge in [0.1, 0.15) is 5.82 Å². The third kappa shape index (κ3) is 2.06. The van der Waals surface area contributed by atoms with Crippen LogP contribution in [-0.4, -0.2) is 5.91 Å². The van der Waals surface area contributed by atoms with E-state index in [2.05, 4.69) is 15.9 Å². The second-order valence-electron chi connectivity index (χ2n) is 2.64. The van der Waals surface area contributed by atoms with Gasteiger partial charge in [-0.3, -0.25) is 4.79 Å². The molecule has 0 radical (unpaired) electrons. The zero-order valence-corrected chi connectivity index (χ0v) is 8.69. The Hall–Kier alpha value is -0.900. The molecule has 1 aromatic rings. The van der Waals surface area contributed by atoms with Gasteiger partial charge < -0.3 is 5.73 Å². The van der Waals surface area contributed by atoms with Crippen LogP contribution in [0.4, 0.5) is 4.39 Å². The topological polar surface area (TPSA) is 43.1 Å². The molecule has 0 fully saturated rings. The largest absolute Gasteiger partial charge is 0.366 e. The van der Waals surface area contributed by atoms with Gasteiger partial charge in [0.05, 0.1) is 5.56 Å². The molecule has 0 bridgehead atoms. The molecule has 0 saturated carbocycles. The molecule has 1 aromatic carbocycles. The van der Waals surface area contributed by atoms with Crippen molar-refractivity contribution in [2.45, 2.75) is 13.3 Å². The number of amides is 1. The van der Waals surface area contributed by atoms with Crippen molar-refractivity contribution in [1.82, 2.24) is 0 Å². The van der Waals surface area contributed by atoms with E-state index in [1.807, 2.05) is 6.92 Å². The zero-order chi connectivity index (χ0) is 10.0. The SMILES string of the molecule is CCc1cc(F)cc(C(N)=O)c1Br. The molecule has 0 aliphatic carbocycles.